The number of thiazole rings is 1. The van der Waals surface area contributed by atoms with Gasteiger partial charge < -0.3 is 14.0 Å². The molecule has 156 valence electrons. The van der Waals surface area contributed by atoms with Crippen LogP contribution in [0.4, 0.5) is 4.39 Å². The maximum absolute atomic E-state index is 13.7. The van der Waals surface area contributed by atoms with Gasteiger partial charge in [-0.2, -0.15) is 4.99 Å². The van der Waals surface area contributed by atoms with Crippen LogP contribution in [0.1, 0.15) is 10.4 Å². The van der Waals surface area contributed by atoms with Crippen molar-refractivity contribution in [1.29, 1.82) is 0 Å². The molecule has 0 N–H and O–H groups in total. The second-order valence-electron chi connectivity index (χ2n) is 6.52. The Bertz CT molecular complexity index is 1330. The van der Waals surface area contributed by atoms with Crippen molar-refractivity contribution < 1.29 is 23.5 Å². The van der Waals surface area contributed by atoms with Crippen LogP contribution in [0, 0.1) is 5.82 Å². The predicted octanol–water partition coefficient (Wildman–Crippen LogP) is 4.55. The molecule has 4 aromatic rings. The van der Waals surface area contributed by atoms with Crippen molar-refractivity contribution in [1.82, 2.24) is 4.57 Å². The Morgan fingerprint density at radius 3 is 2.55 bits per heavy atom. The molecular weight excluding hydrogens is 419 g/mol. The molecule has 3 aromatic carbocycles. The van der Waals surface area contributed by atoms with Crippen molar-refractivity contribution in [3.05, 3.63) is 89.0 Å². The molecule has 0 saturated heterocycles. The third-order valence-corrected chi connectivity index (χ3v) is 5.46. The summed E-state index contributed by atoms with van der Waals surface area (Å²) in [6.07, 6.45) is 0. The smallest absolute Gasteiger partial charge is 0.325 e. The molecule has 0 atom stereocenters. The molecule has 0 radical (unpaired) electrons. The van der Waals surface area contributed by atoms with Gasteiger partial charge in [0.25, 0.3) is 5.91 Å². The molecule has 0 bridgehead atoms. The van der Waals surface area contributed by atoms with Gasteiger partial charge in [-0.3, -0.25) is 9.59 Å². The van der Waals surface area contributed by atoms with Crippen molar-refractivity contribution in [2.24, 2.45) is 4.99 Å². The van der Waals surface area contributed by atoms with Gasteiger partial charge in [0.1, 0.15) is 23.9 Å². The number of para-hydroxylation sites is 1. The molecule has 0 aliphatic heterocycles. The Morgan fingerprint density at radius 2 is 1.77 bits per heavy atom. The summed E-state index contributed by atoms with van der Waals surface area (Å²) in [4.78, 5) is 29.2. The number of carbonyl (C=O) groups is 2. The van der Waals surface area contributed by atoms with E-state index in [4.69, 9.17) is 9.47 Å². The summed E-state index contributed by atoms with van der Waals surface area (Å²) in [6.45, 7) is -0.147. The molecule has 31 heavy (non-hydrogen) atoms. The van der Waals surface area contributed by atoms with Gasteiger partial charge in [0, 0.05) is 5.56 Å². The van der Waals surface area contributed by atoms with Gasteiger partial charge >= 0.3 is 5.97 Å². The van der Waals surface area contributed by atoms with Crippen molar-refractivity contribution in [3.8, 4) is 11.5 Å². The molecule has 0 spiro atoms. The highest BCUT2D eigenvalue weighted by atomic mass is 32.1. The third-order valence-electron chi connectivity index (χ3n) is 4.42. The van der Waals surface area contributed by atoms with Crippen molar-refractivity contribution in [3.63, 3.8) is 0 Å². The fraction of sp³-hybridized carbons (Fsp3) is 0.0870. The molecule has 1 amide bonds. The van der Waals surface area contributed by atoms with E-state index in [2.05, 4.69) is 4.99 Å². The summed E-state index contributed by atoms with van der Waals surface area (Å²) in [7, 11) is 1.28. The number of nitrogens with zero attached hydrogens (tertiary/aromatic N) is 2. The standard InChI is InChI=1S/C23H17FN2O4S/c1-29-21(27)14-26-19-11-10-16(24)13-20(19)31-23(26)25-22(28)15-6-5-9-18(12-15)30-17-7-3-2-4-8-17/h2-13H,14H2,1H3. The molecular formula is C23H17FN2O4S. The van der Waals surface area contributed by atoms with Crippen LogP contribution in [0.2, 0.25) is 0 Å². The zero-order valence-corrected chi connectivity index (χ0v) is 17.3. The first-order valence-electron chi connectivity index (χ1n) is 9.31. The van der Waals surface area contributed by atoms with Gasteiger partial charge in [0.15, 0.2) is 4.80 Å². The number of esters is 1. The maximum Gasteiger partial charge on any atom is 0.325 e. The number of fused-ring (bicyclic) bond motifs is 1. The number of halogens is 1. The molecule has 6 nitrogen and oxygen atoms in total. The second kappa shape index (κ2) is 8.93. The molecule has 1 aromatic heterocycles. The van der Waals surface area contributed by atoms with Gasteiger partial charge in [-0.1, -0.05) is 35.6 Å². The van der Waals surface area contributed by atoms with Crippen LogP contribution in [-0.2, 0) is 16.1 Å². The lowest BCUT2D eigenvalue weighted by molar-refractivity contribution is -0.141. The average molecular weight is 436 g/mol. The predicted molar refractivity (Wildman–Crippen MR) is 115 cm³/mol. The van der Waals surface area contributed by atoms with Gasteiger partial charge in [0.05, 0.1) is 17.3 Å². The SMILES string of the molecule is COC(=O)Cn1c(=NC(=O)c2cccc(Oc3ccccc3)c2)sc2cc(F)ccc21. The van der Waals surface area contributed by atoms with E-state index in [9.17, 15) is 14.0 Å². The largest absolute Gasteiger partial charge is 0.468 e. The Morgan fingerprint density at radius 1 is 1.00 bits per heavy atom. The quantitative estimate of drug-likeness (QED) is 0.431. The number of carbonyl (C=O) groups excluding carboxylic acids is 2. The lowest BCUT2D eigenvalue weighted by Crippen LogP contribution is -2.22. The summed E-state index contributed by atoms with van der Waals surface area (Å²) < 4.78 is 26.3. The van der Waals surface area contributed by atoms with E-state index in [1.165, 1.54) is 23.8 Å². The molecule has 0 aliphatic rings. The van der Waals surface area contributed by atoms with E-state index in [1.807, 2.05) is 30.3 Å². The van der Waals surface area contributed by atoms with Crippen LogP contribution >= 0.6 is 11.3 Å². The number of ether oxygens (including phenoxy) is 2. The van der Waals surface area contributed by atoms with Crippen molar-refractivity contribution in [2.75, 3.05) is 7.11 Å². The topological polar surface area (TPSA) is 69.9 Å². The zero-order valence-electron chi connectivity index (χ0n) is 16.4. The molecule has 0 fully saturated rings. The van der Waals surface area contributed by atoms with E-state index in [0.29, 0.717) is 27.3 Å². The van der Waals surface area contributed by atoms with E-state index >= 15 is 0 Å². The first-order chi connectivity index (χ1) is 15.0. The summed E-state index contributed by atoms with van der Waals surface area (Å²) in [5.41, 5.74) is 0.909. The highest BCUT2D eigenvalue weighted by Crippen LogP contribution is 2.23. The lowest BCUT2D eigenvalue weighted by Gasteiger charge is -2.06. The monoisotopic (exact) mass is 436 g/mol. The van der Waals surface area contributed by atoms with Crippen LogP contribution in [0.5, 0.6) is 11.5 Å². The van der Waals surface area contributed by atoms with Crippen LogP contribution in [0.3, 0.4) is 0 Å². The number of hydrogen-bond donors (Lipinski definition) is 0. The number of benzene rings is 3. The Hall–Kier alpha value is -3.78. The molecule has 4 rings (SSSR count). The van der Waals surface area contributed by atoms with Gasteiger partial charge in [-0.15, -0.1) is 0 Å². The fourth-order valence-electron chi connectivity index (χ4n) is 2.95. The van der Waals surface area contributed by atoms with Crippen LogP contribution in [0.15, 0.2) is 77.8 Å². The average Bonchev–Trinajstić information content (AvgIpc) is 3.10. The Labute approximate surface area is 180 Å². The number of hydrogen-bond acceptors (Lipinski definition) is 5. The van der Waals surface area contributed by atoms with Crippen LogP contribution in [0.25, 0.3) is 10.2 Å². The molecule has 0 unspecified atom stereocenters. The minimum Gasteiger partial charge on any atom is -0.468 e. The van der Waals surface area contributed by atoms with Gasteiger partial charge in [-0.05, 0) is 48.5 Å². The number of rotatable bonds is 5. The lowest BCUT2D eigenvalue weighted by atomic mass is 10.2. The number of amides is 1. The van der Waals surface area contributed by atoms with E-state index < -0.39 is 17.7 Å². The fourth-order valence-corrected chi connectivity index (χ4v) is 4.00. The molecule has 8 heteroatoms. The van der Waals surface area contributed by atoms with E-state index in [-0.39, 0.29) is 11.3 Å². The van der Waals surface area contributed by atoms with Gasteiger partial charge in [-0.25, -0.2) is 4.39 Å². The van der Waals surface area contributed by atoms with Crippen LogP contribution in [-0.4, -0.2) is 23.6 Å². The minimum absolute atomic E-state index is 0.147. The first-order valence-corrected chi connectivity index (χ1v) is 10.1. The van der Waals surface area contributed by atoms with Crippen LogP contribution < -0.4 is 9.54 Å². The highest BCUT2D eigenvalue weighted by molar-refractivity contribution is 7.16. The Balaban J connectivity index is 1.71. The molecule has 1 heterocycles. The van der Waals surface area contributed by atoms with Gasteiger partial charge in [0.2, 0.25) is 0 Å². The van der Waals surface area contributed by atoms with Crippen molar-refractivity contribution >= 4 is 33.4 Å². The minimum atomic E-state index is -0.510. The summed E-state index contributed by atoms with van der Waals surface area (Å²) in [5.74, 6) is -0.289. The van der Waals surface area contributed by atoms with E-state index in [0.717, 1.165) is 11.3 Å². The second-order valence-corrected chi connectivity index (χ2v) is 7.53. The number of aromatic nitrogens is 1. The van der Waals surface area contributed by atoms with E-state index in [1.54, 1.807) is 30.3 Å². The zero-order chi connectivity index (χ0) is 21.8. The third kappa shape index (κ3) is 4.70. The number of methoxy groups -OCH3 is 1. The first kappa shape index (κ1) is 20.5. The highest BCUT2D eigenvalue weighted by Gasteiger charge is 2.13. The molecule has 0 aliphatic carbocycles. The van der Waals surface area contributed by atoms with Crippen molar-refractivity contribution in [2.45, 2.75) is 6.54 Å². The molecule has 0 saturated carbocycles. The maximum atomic E-state index is 13.7. The Kier molecular flexibility index (Phi) is 5.90. The summed E-state index contributed by atoms with van der Waals surface area (Å²) in [6, 6.07) is 20.0. The summed E-state index contributed by atoms with van der Waals surface area (Å²) >= 11 is 1.12. The normalized spacial score (nSPS) is 11.5. The summed E-state index contributed by atoms with van der Waals surface area (Å²) in [5, 5.41) is 0.